The van der Waals surface area contributed by atoms with Crippen molar-refractivity contribution >= 4 is 11.8 Å². The zero-order chi connectivity index (χ0) is 16.7. The summed E-state index contributed by atoms with van der Waals surface area (Å²) in [5, 5.41) is 0. The van der Waals surface area contributed by atoms with Gasteiger partial charge in [0.1, 0.15) is 5.92 Å². The van der Waals surface area contributed by atoms with Crippen LogP contribution in [0.3, 0.4) is 0 Å². The fourth-order valence-corrected chi connectivity index (χ4v) is 2.45. The first kappa shape index (κ1) is 16.5. The normalized spacial score (nSPS) is 12.7. The van der Waals surface area contributed by atoms with E-state index in [-0.39, 0.29) is 12.4 Å². The number of carbonyl (C=O) groups excluding carboxylic acids is 2. The van der Waals surface area contributed by atoms with E-state index >= 15 is 0 Å². The quantitative estimate of drug-likeness (QED) is 0.355. The first-order valence-corrected chi connectivity index (χ1v) is 7.46. The summed E-state index contributed by atoms with van der Waals surface area (Å²) < 4.78 is 5.10. The summed E-state index contributed by atoms with van der Waals surface area (Å²) in [6, 6.07) is 17.8. The predicted octanol–water partition coefficient (Wildman–Crippen LogP) is 3.47. The van der Waals surface area contributed by atoms with Crippen LogP contribution in [0.1, 0.15) is 28.8 Å². The lowest BCUT2D eigenvalue weighted by Gasteiger charge is -2.21. The van der Waals surface area contributed by atoms with E-state index in [0.29, 0.717) is 5.56 Å². The average Bonchev–Trinajstić information content (AvgIpc) is 2.60. The molecule has 3 heteroatoms. The summed E-state index contributed by atoms with van der Waals surface area (Å²) in [7, 11) is 0. The minimum Gasteiger partial charge on any atom is -0.465 e. The molecule has 0 aliphatic carbocycles. The molecule has 0 bridgehead atoms. The molecular weight excluding hydrogens is 288 g/mol. The Bertz CT molecular complexity index is 699. The monoisotopic (exact) mass is 306 g/mol. The number of ether oxygens (including phenoxy) is 1. The van der Waals surface area contributed by atoms with Gasteiger partial charge in [-0.2, -0.15) is 0 Å². The summed E-state index contributed by atoms with van der Waals surface area (Å²) in [4.78, 5) is 25.2. The van der Waals surface area contributed by atoms with Crippen molar-refractivity contribution in [3.05, 3.63) is 71.8 Å². The van der Waals surface area contributed by atoms with Gasteiger partial charge < -0.3 is 4.74 Å². The minimum absolute atomic E-state index is 0.198. The smallest absolute Gasteiger partial charge is 0.318 e. The molecule has 2 atom stereocenters. The van der Waals surface area contributed by atoms with Gasteiger partial charge in [0.15, 0.2) is 5.78 Å². The van der Waals surface area contributed by atoms with Crippen LogP contribution >= 0.6 is 0 Å². The first-order chi connectivity index (χ1) is 11.2. The standard InChI is InChI=1S/C20H18O3/c1-3-17(15-11-7-5-8-12-15)18(20(22)23-4-2)19(21)16-13-9-6-10-14-16/h1,5-14,17-18H,4H2,2H3/t17-,18-/m1/s1. The van der Waals surface area contributed by atoms with Gasteiger partial charge in [-0.25, -0.2) is 0 Å². The first-order valence-electron chi connectivity index (χ1n) is 7.46. The molecule has 0 spiro atoms. The highest BCUT2D eigenvalue weighted by Gasteiger charge is 2.36. The third kappa shape index (κ3) is 3.87. The fraction of sp³-hybridized carbons (Fsp3) is 0.200. The van der Waals surface area contributed by atoms with Crippen LogP contribution in [0.2, 0.25) is 0 Å². The molecule has 0 saturated carbocycles. The number of ketones is 1. The second-order valence-corrected chi connectivity index (χ2v) is 5.02. The molecule has 0 fully saturated rings. The van der Waals surface area contributed by atoms with Crippen LogP contribution in [0.15, 0.2) is 60.7 Å². The molecular formula is C20H18O3. The van der Waals surface area contributed by atoms with Crippen LogP contribution in [0, 0.1) is 18.3 Å². The van der Waals surface area contributed by atoms with E-state index in [1.54, 1.807) is 31.2 Å². The van der Waals surface area contributed by atoms with Crippen molar-refractivity contribution in [2.24, 2.45) is 5.92 Å². The third-order valence-corrected chi connectivity index (χ3v) is 3.55. The summed E-state index contributed by atoms with van der Waals surface area (Å²) in [5.74, 6) is -0.0413. The summed E-state index contributed by atoms with van der Waals surface area (Å²) in [6.45, 7) is 1.90. The Labute approximate surface area is 136 Å². The van der Waals surface area contributed by atoms with E-state index in [1.165, 1.54) is 0 Å². The molecule has 0 N–H and O–H groups in total. The van der Waals surface area contributed by atoms with Crippen LogP contribution < -0.4 is 0 Å². The molecule has 116 valence electrons. The Balaban J connectivity index is 2.43. The van der Waals surface area contributed by atoms with Gasteiger partial charge in [0.2, 0.25) is 0 Å². The van der Waals surface area contributed by atoms with E-state index in [1.807, 2.05) is 36.4 Å². The molecule has 3 nitrogen and oxygen atoms in total. The van der Waals surface area contributed by atoms with E-state index < -0.39 is 17.8 Å². The van der Waals surface area contributed by atoms with Gasteiger partial charge in [-0.1, -0.05) is 66.6 Å². The Morgan fingerprint density at radius 1 is 1.04 bits per heavy atom. The number of benzene rings is 2. The van der Waals surface area contributed by atoms with Crippen molar-refractivity contribution in [3.8, 4) is 12.3 Å². The van der Waals surface area contributed by atoms with Gasteiger partial charge in [-0.3, -0.25) is 9.59 Å². The molecule has 0 saturated heterocycles. The van der Waals surface area contributed by atoms with Crippen molar-refractivity contribution in [1.82, 2.24) is 0 Å². The molecule has 0 radical (unpaired) electrons. The lowest BCUT2D eigenvalue weighted by Crippen LogP contribution is -2.31. The third-order valence-electron chi connectivity index (χ3n) is 3.55. The van der Waals surface area contributed by atoms with Crippen molar-refractivity contribution in [3.63, 3.8) is 0 Å². The predicted molar refractivity (Wildman–Crippen MR) is 88.9 cm³/mol. The largest absolute Gasteiger partial charge is 0.465 e. The maximum absolute atomic E-state index is 12.8. The second-order valence-electron chi connectivity index (χ2n) is 5.02. The minimum atomic E-state index is -1.05. The van der Waals surface area contributed by atoms with Crippen LogP contribution in [0.25, 0.3) is 0 Å². The molecule has 2 aromatic carbocycles. The van der Waals surface area contributed by atoms with Crippen LogP contribution in [0.5, 0.6) is 0 Å². The number of hydrogen-bond donors (Lipinski definition) is 0. The molecule has 2 aromatic rings. The van der Waals surface area contributed by atoms with Gasteiger partial charge in [0.05, 0.1) is 12.5 Å². The molecule has 0 unspecified atom stereocenters. The summed E-state index contributed by atoms with van der Waals surface area (Å²) in [6.07, 6.45) is 5.65. The summed E-state index contributed by atoms with van der Waals surface area (Å²) >= 11 is 0. The van der Waals surface area contributed by atoms with Crippen LogP contribution in [-0.2, 0) is 9.53 Å². The second kappa shape index (κ2) is 7.95. The van der Waals surface area contributed by atoms with Gasteiger partial charge in [0.25, 0.3) is 0 Å². The van der Waals surface area contributed by atoms with Crippen molar-refractivity contribution in [1.29, 1.82) is 0 Å². The molecule has 0 amide bonds. The van der Waals surface area contributed by atoms with Crippen molar-refractivity contribution in [2.45, 2.75) is 12.8 Å². The van der Waals surface area contributed by atoms with E-state index in [4.69, 9.17) is 11.2 Å². The molecule has 0 aliphatic heterocycles. The number of rotatable bonds is 6. The maximum Gasteiger partial charge on any atom is 0.318 e. The molecule has 2 rings (SSSR count). The van der Waals surface area contributed by atoms with E-state index in [0.717, 1.165) is 5.56 Å². The number of Topliss-reactive ketones (excluding diaryl/α,β-unsaturated/α-hetero) is 1. The highest BCUT2D eigenvalue weighted by atomic mass is 16.5. The molecule has 23 heavy (non-hydrogen) atoms. The summed E-state index contributed by atoms with van der Waals surface area (Å²) in [5.41, 5.74) is 1.19. The van der Waals surface area contributed by atoms with Gasteiger partial charge in [-0.05, 0) is 12.5 Å². The van der Waals surface area contributed by atoms with Crippen molar-refractivity contribution in [2.75, 3.05) is 6.61 Å². The average molecular weight is 306 g/mol. The number of esters is 1. The van der Waals surface area contributed by atoms with Gasteiger partial charge in [-0.15, -0.1) is 6.42 Å². The number of hydrogen-bond acceptors (Lipinski definition) is 3. The zero-order valence-electron chi connectivity index (χ0n) is 12.9. The van der Waals surface area contributed by atoms with Gasteiger partial charge >= 0.3 is 5.97 Å². The van der Waals surface area contributed by atoms with Crippen LogP contribution in [-0.4, -0.2) is 18.4 Å². The van der Waals surface area contributed by atoms with E-state index in [2.05, 4.69) is 5.92 Å². The van der Waals surface area contributed by atoms with Crippen LogP contribution in [0.4, 0.5) is 0 Å². The Morgan fingerprint density at radius 2 is 1.61 bits per heavy atom. The molecule has 0 aliphatic rings. The highest BCUT2D eigenvalue weighted by molar-refractivity contribution is 6.09. The zero-order valence-corrected chi connectivity index (χ0v) is 12.9. The van der Waals surface area contributed by atoms with Gasteiger partial charge in [0, 0.05) is 5.56 Å². The van der Waals surface area contributed by atoms with E-state index in [9.17, 15) is 9.59 Å². The SMILES string of the molecule is C#C[C@H](c1ccccc1)[C@@H](C(=O)OCC)C(=O)c1ccccc1. The topological polar surface area (TPSA) is 43.4 Å². The fourth-order valence-electron chi connectivity index (χ4n) is 2.45. The Morgan fingerprint density at radius 3 is 2.13 bits per heavy atom. The lowest BCUT2D eigenvalue weighted by molar-refractivity contribution is -0.146. The number of carbonyl (C=O) groups is 2. The lowest BCUT2D eigenvalue weighted by atomic mass is 9.81. The Hall–Kier alpha value is -2.86. The Kier molecular flexibility index (Phi) is 5.71. The molecule has 0 heterocycles. The van der Waals surface area contributed by atoms with Crippen molar-refractivity contribution < 1.29 is 14.3 Å². The molecule has 0 aromatic heterocycles. The number of terminal acetylenes is 1. The maximum atomic E-state index is 12.8. The highest BCUT2D eigenvalue weighted by Crippen LogP contribution is 2.28.